The molecule has 0 aromatic heterocycles. The third kappa shape index (κ3) is 4.52. The fourth-order valence-electron chi connectivity index (χ4n) is 3.95. The van der Waals surface area contributed by atoms with E-state index in [1.165, 1.54) is 0 Å². The van der Waals surface area contributed by atoms with Crippen molar-refractivity contribution < 1.29 is 13.2 Å². The van der Waals surface area contributed by atoms with E-state index in [0.29, 0.717) is 43.6 Å². The Hall–Kier alpha value is -1.44. The predicted octanol–water partition coefficient (Wildman–Crippen LogP) is 2.31. The normalized spacial score (nSPS) is 22.0. The summed E-state index contributed by atoms with van der Waals surface area (Å²) in [5.74, 6) is 1.01. The molecule has 2 N–H and O–H groups in total. The molecule has 0 aliphatic carbocycles. The van der Waals surface area contributed by atoms with Crippen LogP contribution in [0.25, 0.3) is 0 Å². The van der Waals surface area contributed by atoms with Gasteiger partial charge in [0, 0.05) is 37.8 Å². The molecule has 1 atom stereocenters. The molecule has 3 rings (SSSR count). The predicted molar refractivity (Wildman–Crippen MR) is 106 cm³/mol. The van der Waals surface area contributed by atoms with E-state index in [1.807, 2.05) is 11.8 Å². The van der Waals surface area contributed by atoms with Crippen LogP contribution >= 0.6 is 0 Å². The van der Waals surface area contributed by atoms with Crippen LogP contribution in [-0.4, -0.2) is 55.8 Å². The first-order chi connectivity index (χ1) is 12.8. The molecule has 1 amide bonds. The van der Waals surface area contributed by atoms with Gasteiger partial charge in [-0.1, -0.05) is 6.92 Å². The number of hydrogen-bond donors (Lipinski definition) is 1. The third-order valence-corrected chi connectivity index (χ3v) is 7.96. The number of benzene rings is 1. The lowest BCUT2D eigenvalue weighted by atomic mass is 9.90. The van der Waals surface area contributed by atoms with Crippen LogP contribution in [0.5, 0.6) is 0 Å². The molecule has 0 radical (unpaired) electrons. The molecule has 2 aliphatic heterocycles. The number of carbonyl (C=O) groups excluding carboxylic acids is 1. The van der Waals surface area contributed by atoms with Crippen molar-refractivity contribution in [2.24, 2.45) is 17.6 Å². The molecule has 2 saturated heterocycles. The topological polar surface area (TPSA) is 83.7 Å². The number of hydrogen-bond acceptors (Lipinski definition) is 4. The molecule has 1 aromatic carbocycles. The van der Waals surface area contributed by atoms with Gasteiger partial charge in [-0.2, -0.15) is 4.31 Å². The average molecular weight is 394 g/mol. The Bertz CT molecular complexity index is 745. The molecule has 7 heteroatoms. The van der Waals surface area contributed by atoms with Gasteiger partial charge in [-0.25, -0.2) is 8.42 Å². The number of nitrogens with two attached hydrogens (primary N) is 1. The summed E-state index contributed by atoms with van der Waals surface area (Å²) < 4.78 is 27.1. The van der Waals surface area contributed by atoms with Gasteiger partial charge in [0.2, 0.25) is 10.0 Å². The number of sulfonamides is 1. The van der Waals surface area contributed by atoms with Crippen LogP contribution in [0.3, 0.4) is 0 Å². The Kier molecular flexibility index (Phi) is 6.23. The highest BCUT2D eigenvalue weighted by Crippen LogP contribution is 2.25. The lowest BCUT2D eigenvalue weighted by Crippen LogP contribution is -2.42. The first kappa shape index (κ1) is 20.3. The number of piperidine rings is 2. The van der Waals surface area contributed by atoms with Gasteiger partial charge in [0.15, 0.2) is 0 Å². The molecule has 150 valence electrons. The van der Waals surface area contributed by atoms with Crippen molar-refractivity contribution in [3.05, 3.63) is 29.8 Å². The first-order valence-electron chi connectivity index (χ1n) is 9.94. The summed E-state index contributed by atoms with van der Waals surface area (Å²) in [7, 11) is -3.48. The SMILES string of the molecule is CC1CCN(S(=O)(=O)c2ccc(C(=O)N3CCC(C(C)N)CC3)cc2)CC1. The fraction of sp³-hybridized carbons (Fsp3) is 0.650. The summed E-state index contributed by atoms with van der Waals surface area (Å²) in [6, 6.07) is 6.56. The Morgan fingerprint density at radius 3 is 2.11 bits per heavy atom. The van der Waals surface area contributed by atoms with Gasteiger partial charge in [-0.3, -0.25) is 4.79 Å². The Balaban J connectivity index is 1.65. The zero-order chi connectivity index (χ0) is 19.6. The molecule has 0 spiro atoms. The summed E-state index contributed by atoms with van der Waals surface area (Å²) >= 11 is 0. The summed E-state index contributed by atoms with van der Waals surface area (Å²) in [5.41, 5.74) is 6.50. The number of likely N-dealkylation sites (tertiary alicyclic amines) is 1. The van der Waals surface area contributed by atoms with Gasteiger partial charge in [0.05, 0.1) is 4.90 Å². The summed E-state index contributed by atoms with van der Waals surface area (Å²) in [6.45, 7) is 6.72. The Morgan fingerprint density at radius 2 is 1.59 bits per heavy atom. The molecule has 0 bridgehead atoms. The molecular formula is C20H31N3O3S. The third-order valence-electron chi connectivity index (χ3n) is 6.05. The molecule has 27 heavy (non-hydrogen) atoms. The zero-order valence-electron chi connectivity index (χ0n) is 16.3. The quantitative estimate of drug-likeness (QED) is 0.851. The highest BCUT2D eigenvalue weighted by molar-refractivity contribution is 7.89. The van der Waals surface area contributed by atoms with Crippen molar-refractivity contribution in [2.75, 3.05) is 26.2 Å². The second-order valence-electron chi connectivity index (χ2n) is 8.10. The van der Waals surface area contributed by atoms with Crippen LogP contribution in [0.1, 0.15) is 49.9 Å². The molecule has 1 aromatic rings. The summed E-state index contributed by atoms with van der Waals surface area (Å²) in [4.78, 5) is 14.8. The minimum absolute atomic E-state index is 0.0335. The first-order valence-corrected chi connectivity index (χ1v) is 11.4. The van der Waals surface area contributed by atoms with Gasteiger partial charge >= 0.3 is 0 Å². The minimum atomic E-state index is -3.48. The maximum absolute atomic E-state index is 12.8. The second-order valence-corrected chi connectivity index (χ2v) is 10.0. The summed E-state index contributed by atoms with van der Waals surface area (Å²) in [5, 5.41) is 0. The number of amides is 1. The van der Waals surface area contributed by atoms with Crippen molar-refractivity contribution in [2.45, 2.75) is 50.5 Å². The summed E-state index contributed by atoms with van der Waals surface area (Å²) in [6.07, 6.45) is 3.63. The minimum Gasteiger partial charge on any atom is -0.339 e. The van der Waals surface area contributed by atoms with Crippen molar-refractivity contribution in [1.29, 1.82) is 0 Å². The van der Waals surface area contributed by atoms with Gasteiger partial charge in [0.25, 0.3) is 5.91 Å². The lowest BCUT2D eigenvalue weighted by Gasteiger charge is -2.33. The Morgan fingerprint density at radius 1 is 1.04 bits per heavy atom. The van der Waals surface area contributed by atoms with E-state index in [-0.39, 0.29) is 16.8 Å². The lowest BCUT2D eigenvalue weighted by molar-refractivity contribution is 0.0681. The highest BCUT2D eigenvalue weighted by atomic mass is 32.2. The zero-order valence-corrected chi connectivity index (χ0v) is 17.1. The molecule has 6 nitrogen and oxygen atoms in total. The van der Waals surface area contributed by atoms with Crippen LogP contribution in [0, 0.1) is 11.8 Å². The van der Waals surface area contributed by atoms with E-state index in [9.17, 15) is 13.2 Å². The molecule has 0 saturated carbocycles. The van der Waals surface area contributed by atoms with Crippen LogP contribution in [0.2, 0.25) is 0 Å². The van der Waals surface area contributed by atoms with E-state index in [2.05, 4.69) is 6.92 Å². The van der Waals surface area contributed by atoms with E-state index in [1.54, 1.807) is 28.6 Å². The molecule has 2 aliphatic rings. The standard InChI is InChI=1S/C20H31N3O3S/c1-15-7-13-23(14-8-15)27(25,26)19-5-3-18(4-6-19)20(24)22-11-9-17(10-12-22)16(2)21/h3-6,15-17H,7-14,21H2,1-2H3. The van der Waals surface area contributed by atoms with Gasteiger partial charge in [-0.05, 0) is 68.7 Å². The van der Waals surface area contributed by atoms with Gasteiger partial charge < -0.3 is 10.6 Å². The van der Waals surface area contributed by atoms with Crippen LogP contribution in [0.4, 0.5) is 0 Å². The van der Waals surface area contributed by atoms with E-state index < -0.39 is 10.0 Å². The van der Waals surface area contributed by atoms with Gasteiger partial charge in [-0.15, -0.1) is 0 Å². The maximum Gasteiger partial charge on any atom is 0.253 e. The fourth-order valence-corrected chi connectivity index (χ4v) is 5.42. The molecular weight excluding hydrogens is 362 g/mol. The monoisotopic (exact) mass is 393 g/mol. The highest BCUT2D eigenvalue weighted by Gasteiger charge is 2.29. The van der Waals surface area contributed by atoms with Crippen LogP contribution in [-0.2, 0) is 10.0 Å². The smallest absolute Gasteiger partial charge is 0.253 e. The Labute approximate surface area is 162 Å². The number of nitrogens with zero attached hydrogens (tertiary/aromatic N) is 2. The van der Waals surface area contributed by atoms with E-state index in [4.69, 9.17) is 5.73 Å². The molecule has 2 heterocycles. The number of rotatable bonds is 4. The van der Waals surface area contributed by atoms with Crippen LogP contribution in [0.15, 0.2) is 29.2 Å². The molecule has 1 unspecified atom stereocenters. The molecule has 2 fully saturated rings. The van der Waals surface area contributed by atoms with E-state index in [0.717, 1.165) is 25.7 Å². The number of carbonyl (C=O) groups is 1. The van der Waals surface area contributed by atoms with Crippen molar-refractivity contribution in [3.8, 4) is 0 Å². The largest absolute Gasteiger partial charge is 0.339 e. The van der Waals surface area contributed by atoms with Gasteiger partial charge in [0.1, 0.15) is 0 Å². The maximum atomic E-state index is 12.8. The van der Waals surface area contributed by atoms with E-state index >= 15 is 0 Å². The van der Waals surface area contributed by atoms with Crippen molar-refractivity contribution >= 4 is 15.9 Å². The van der Waals surface area contributed by atoms with Crippen molar-refractivity contribution in [1.82, 2.24) is 9.21 Å². The average Bonchev–Trinajstić information content (AvgIpc) is 2.68. The van der Waals surface area contributed by atoms with Crippen molar-refractivity contribution in [3.63, 3.8) is 0 Å². The second kappa shape index (κ2) is 8.29. The van der Waals surface area contributed by atoms with Crippen LogP contribution < -0.4 is 5.73 Å².